The molecule has 3 N–H and O–H groups in total. The van der Waals surface area contributed by atoms with Gasteiger partial charge < -0.3 is 25.2 Å². The molecule has 55 heavy (non-hydrogen) atoms. The van der Waals surface area contributed by atoms with Gasteiger partial charge in [-0.3, -0.25) is 0 Å². The maximum absolute atomic E-state index is 13.5. The van der Waals surface area contributed by atoms with E-state index in [9.17, 15) is 14.7 Å². The van der Waals surface area contributed by atoms with Crippen molar-refractivity contribution in [2.75, 3.05) is 13.2 Å². The number of aliphatic hydroxyl groups is 1. The summed E-state index contributed by atoms with van der Waals surface area (Å²) in [6, 6.07) is 51.3. The molecule has 0 saturated heterocycles. The van der Waals surface area contributed by atoms with Crippen LogP contribution in [0.5, 0.6) is 0 Å². The lowest BCUT2D eigenvalue weighted by atomic mass is 9.94. The molecule has 8 rings (SSSR count). The molecule has 6 aromatic carbocycles. The Labute approximate surface area is 322 Å². The Hall–Kier alpha value is -6.18. The van der Waals surface area contributed by atoms with E-state index in [0.29, 0.717) is 12.8 Å². The van der Waals surface area contributed by atoms with Crippen LogP contribution in [0.25, 0.3) is 22.3 Å². The molecule has 3 atom stereocenters. The molecule has 7 nitrogen and oxygen atoms in total. The predicted molar refractivity (Wildman–Crippen MR) is 215 cm³/mol. The molecule has 2 aliphatic rings. The average Bonchev–Trinajstić information content (AvgIpc) is 3.72. The van der Waals surface area contributed by atoms with Crippen molar-refractivity contribution in [3.05, 3.63) is 191 Å². The van der Waals surface area contributed by atoms with Crippen LogP contribution in [0.15, 0.2) is 158 Å². The van der Waals surface area contributed by atoms with Gasteiger partial charge in [0.15, 0.2) is 0 Å². The number of amides is 2. The Morgan fingerprint density at radius 3 is 1.29 bits per heavy atom. The summed E-state index contributed by atoms with van der Waals surface area (Å²) < 4.78 is 11.8. The number of aliphatic hydroxyl groups excluding tert-OH is 1. The molecule has 0 radical (unpaired) electrons. The van der Waals surface area contributed by atoms with Gasteiger partial charge in [-0.2, -0.15) is 0 Å². The Bertz CT molecular complexity index is 2170. The molecule has 0 saturated carbocycles. The minimum atomic E-state index is -1.02. The first-order valence-electron chi connectivity index (χ1n) is 19.0. The van der Waals surface area contributed by atoms with Gasteiger partial charge in [-0.1, -0.05) is 158 Å². The van der Waals surface area contributed by atoms with Crippen LogP contribution in [0.3, 0.4) is 0 Å². The number of fused-ring (bicyclic) bond motifs is 6. The van der Waals surface area contributed by atoms with E-state index in [1.807, 2.05) is 109 Å². The monoisotopic (exact) mass is 728 g/mol. The number of hydrogen-bond acceptors (Lipinski definition) is 5. The SMILES string of the molecule is O=C(N[C@@H](Cc1ccccc1)C[C@H](O)[C@H](Cc1ccccc1)NC(=O)OCC1c2ccccc2-c2ccccc21)OCC1c2ccccc2-c2ccccc21. The highest BCUT2D eigenvalue weighted by molar-refractivity contribution is 5.80. The summed E-state index contributed by atoms with van der Waals surface area (Å²) in [4.78, 5) is 27.1. The fraction of sp³-hybridized carbons (Fsp3) is 0.208. The molecule has 0 fully saturated rings. The summed E-state index contributed by atoms with van der Waals surface area (Å²) in [5.74, 6) is -0.166. The van der Waals surface area contributed by atoms with E-state index in [2.05, 4.69) is 59.2 Å². The first kappa shape index (κ1) is 35.8. The second kappa shape index (κ2) is 16.5. The van der Waals surface area contributed by atoms with Gasteiger partial charge in [0.25, 0.3) is 0 Å². The van der Waals surface area contributed by atoms with Crippen LogP contribution in [-0.4, -0.2) is 48.7 Å². The highest BCUT2D eigenvalue weighted by Gasteiger charge is 2.32. The zero-order chi connectivity index (χ0) is 37.6. The maximum Gasteiger partial charge on any atom is 0.407 e. The van der Waals surface area contributed by atoms with Gasteiger partial charge in [0.05, 0.1) is 12.1 Å². The predicted octanol–water partition coefficient (Wildman–Crippen LogP) is 9.04. The van der Waals surface area contributed by atoms with Crippen molar-refractivity contribution in [1.82, 2.24) is 10.6 Å². The first-order chi connectivity index (χ1) is 27.0. The first-order valence-corrected chi connectivity index (χ1v) is 19.0. The van der Waals surface area contributed by atoms with Crippen molar-refractivity contribution < 1.29 is 24.2 Å². The van der Waals surface area contributed by atoms with Crippen LogP contribution in [0.4, 0.5) is 9.59 Å². The van der Waals surface area contributed by atoms with Crippen molar-refractivity contribution in [1.29, 1.82) is 0 Å². The van der Waals surface area contributed by atoms with E-state index in [0.717, 1.165) is 55.6 Å². The van der Waals surface area contributed by atoms with E-state index >= 15 is 0 Å². The number of rotatable bonds is 13. The van der Waals surface area contributed by atoms with Gasteiger partial charge in [0, 0.05) is 17.9 Å². The van der Waals surface area contributed by atoms with Crippen molar-refractivity contribution in [2.45, 2.75) is 49.3 Å². The van der Waals surface area contributed by atoms with E-state index in [4.69, 9.17) is 9.47 Å². The lowest BCUT2D eigenvalue weighted by Gasteiger charge is -2.28. The fourth-order valence-corrected chi connectivity index (χ4v) is 8.30. The summed E-state index contributed by atoms with van der Waals surface area (Å²) in [5.41, 5.74) is 11.1. The third-order valence-corrected chi connectivity index (χ3v) is 10.9. The lowest BCUT2D eigenvalue weighted by Crippen LogP contribution is -2.49. The summed E-state index contributed by atoms with van der Waals surface area (Å²) in [5, 5.41) is 17.9. The van der Waals surface area contributed by atoms with Gasteiger partial charge in [0.1, 0.15) is 13.2 Å². The van der Waals surface area contributed by atoms with E-state index in [-0.39, 0.29) is 31.5 Å². The smallest absolute Gasteiger partial charge is 0.407 e. The molecule has 276 valence electrons. The Balaban J connectivity index is 0.959. The normalized spacial score (nSPS) is 14.4. The highest BCUT2D eigenvalue weighted by Crippen LogP contribution is 2.45. The molecule has 0 aliphatic heterocycles. The number of carbonyl (C=O) groups excluding carboxylic acids is 2. The van der Waals surface area contributed by atoms with Crippen LogP contribution < -0.4 is 10.6 Å². The summed E-state index contributed by atoms with van der Waals surface area (Å²) in [6.45, 7) is 0.342. The van der Waals surface area contributed by atoms with Gasteiger partial charge in [-0.15, -0.1) is 0 Å². The van der Waals surface area contributed by atoms with Gasteiger partial charge in [0.2, 0.25) is 0 Å². The second-order valence-electron chi connectivity index (χ2n) is 14.4. The third-order valence-electron chi connectivity index (χ3n) is 10.9. The molecule has 0 bridgehead atoms. The van der Waals surface area contributed by atoms with Gasteiger partial charge >= 0.3 is 12.2 Å². The second-order valence-corrected chi connectivity index (χ2v) is 14.4. The van der Waals surface area contributed by atoms with Crippen molar-refractivity contribution in [2.24, 2.45) is 0 Å². The van der Waals surface area contributed by atoms with Crippen LogP contribution >= 0.6 is 0 Å². The zero-order valence-electron chi connectivity index (χ0n) is 30.5. The van der Waals surface area contributed by atoms with Crippen molar-refractivity contribution >= 4 is 12.2 Å². The molecule has 0 aromatic heterocycles. The average molecular weight is 729 g/mol. The number of benzene rings is 6. The van der Waals surface area contributed by atoms with Crippen LogP contribution in [0.2, 0.25) is 0 Å². The van der Waals surface area contributed by atoms with Crippen LogP contribution in [0, 0.1) is 0 Å². The number of nitrogens with one attached hydrogen (secondary N) is 2. The molecule has 0 spiro atoms. The molecular weight excluding hydrogens is 685 g/mol. The molecule has 6 aromatic rings. The van der Waals surface area contributed by atoms with Gasteiger partial charge in [-0.05, 0) is 74.9 Å². The van der Waals surface area contributed by atoms with Crippen LogP contribution in [0.1, 0.15) is 51.6 Å². The van der Waals surface area contributed by atoms with Crippen LogP contribution in [-0.2, 0) is 22.3 Å². The quantitative estimate of drug-likeness (QED) is 0.110. The summed E-state index contributed by atoms with van der Waals surface area (Å²) >= 11 is 0. The van der Waals surface area contributed by atoms with E-state index < -0.39 is 30.4 Å². The minimum Gasteiger partial charge on any atom is -0.449 e. The molecule has 0 unspecified atom stereocenters. The van der Waals surface area contributed by atoms with E-state index in [1.54, 1.807) is 0 Å². The lowest BCUT2D eigenvalue weighted by molar-refractivity contribution is 0.0875. The van der Waals surface area contributed by atoms with Crippen molar-refractivity contribution in [3.8, 4) is 22.3 Å². The number of hydrogen-bond donors (Lipinski definition) is 3. The maximum atomic E-state index is 13.5. The standard InChI is InChI=1S/C48H44N2O5/c51-46(45(28-33-17-5-2-6-18-33)50-48(53)55-31-44-41-25-13-9-21-37(41)38-22-10-14-26-42(38)44)29-34(27-32-15-3-1-4-16-32)49-47(52)54-30-43-39-23-11-7-19-35(39)36-20-8-12-24-40(36)43/h1-26,34,43-46,51H,27-31H2,(H,49,52)(H,50,53)/t34-,45-,46-/m0/s1. The third kappa shape index (κ3) is 8.03. The molecule has 2 amide bonds. The number of carbonyl (C=O) groups is 2. The number of alkyl carbamates (subject to hydrolysis) is 2. The topological polar surface area (TPSA) is 96.9 Å². The number of ether oxygens (including phenoxy) is 2. The summed E-state index contributed by atoms with van der Waals surface area (Å²) in [6.07, 6.45) is -1.19. The molecule has 0 heterocycles. The fourth-order valence-electron chi connectivity index (χ4n) is 8.30. The largest absolute Gasteiger partial charge is 0.449 e. The van der Waals surface area contributed by atoms with Gasteiger partial charge in [-0.25, -0.2) is 9.59 Å². The summed E-state index contributed by atoms with van der Waals surface area (Å²) in [7, 11) is 0. The van der Waals surface area contributed by atoms with Crippen molar-refractivity contribution in [3.63, 3.8) is 0 Å². The molecule has 2 aliphatic carbocycles. The minimum absolute atomic E-state index is 0.0760. The Kier molecular flexibility index (Phi) is 10.7. The Morgan fingerprint density at radius 2 is 0.855 bits per heavy atom. The molecular formula is C48H44N2O5. The van der Waals surface area contributed by atoms with E-state index in [1.165, 1.54) is 0 Å². The zero-order valence-corrected chi connectivity index (χ0v) is 30.5. The highest BCUT2D eigenvalue weighted by atomic mass is 16.6. The molecule has 7 heteroatoms. The Morgan fingerprint density at radius 1 is 0.491 bits per heavy atom.